The van der Waals surface area contributed by atoms with Gasteiger partial charge in [-0.3, -0.25) is 19.2 Å². The van der Waals surface area contributed by atoms with Gasteiger partial charge in [-0.25, -0.2) is 0 Å². The number of aliphatic hydroxyl groups is 1. The van der Waals surface area contributed by atoms with E-state index in [2.05, 4.69) is 5.32 Å². The lowest BCUT2D eigenvalue weighted by atomic mass is 9.94. The van der Waals surface area contributed by atoms with Crippen LogP contribution in [0.2, 0.25) is 0 Å². The van der Waals surface area contributed by atoms with Gasteiger partial charge in [0, 0.05) is 0 Å². The van der Waals surface area contributed by atoms with Crippen LogP contribution in [0.1, 0.15) is 40.5 Å². The normalized spacial score (nSPS) is 14.3. The Morgan fingerprint density at radius 2 is 1.64 bits per heavy atom. The van der Waals surface area contributed by atoms with Gasteiger partial charge in [0.05, 0.1) is 25.6 Å². The van der Waals surface area contributed by atoms with Gasteiger partial charge in [0.15, 0.2) is 0 Å². The van der Waals surface area contributed by atoms with Crippen LogP contribution in [0.3, 0.4) is 0 Å². The van der Waals surface area contributed by atoms with E-state index in [4.69, 9.17) is 15.2 Å². The van der Waals surface area contributed by atoms with Gasteiger partial charge in [-0.1, -0.05) is 13.8 Å². The molecule has 25 heavy (non-hydrogen) atoms. The first-order chi connectivity index (χ1) is 11.6. The van der Waals surface area contributed by atoms with Crippen molar-refractivity contribution in [3.8, 4) is 0 Å². The Hall–Kier alpha value is -2.16. The Labute approximate surface area is 147 Å². The van der Waals surface area contributed by atoms with Crippen molar-refractivity contribution in [2.24, 2.45) is 17.6 Å². The number of hydrogen-bond acceptors (Lipinski definition) is 7. The maximum atomic E-state index is 12.1. The molecule has 0 aromatic heterocycles. The molecule has 144 valence electrons. The molecule has 0 fully saturated rings. The summed E-state index contributed by atoms with van der Waals surface area (Å²) >= 11 is 0. The van der Waals surface area contributed by atoms with Crippen LogP contribution in [-0.4, -0.2) is 54.2 Å². The number of amides is 2. The quantitative estimate of drug-likeness (QED) is 0.421. The molecule has 9 nitrogen and oxygen atoms in total. The second-order valence-corrected chi connectivity index (χ2v) is 5.90. The Bertz CT molecular complexity index is 479. The molecule has 9 heteroatoms. The maximum Gasteiger partial charge on any atom is 0.312 e. The summed E-state index contributed by atoms with van der Waals surface area (Å²) in [6, 6.07) is -1.50. The molecule has 0 rings (SSSR count). The number of nitrogens with one attached hydrogen (secondary N) is 1. The summed E-state index contributed by atoms with van der Waals surface area (Å²) in [5.41, 5.74) is 5.28. The van der Waals surface area contributed by atoms with E-state index < -0.39 is 48.2 Å². The van der Waals surface area contributed by atoms with Crippen LogP contribution < -0.4 is 11.1 Å². The highest BCUT2D eigenvalue weighted by molar-refractivity contribution is 5.93. The second-order valence-electron chi connectivity index (χ2n) is 5.90. The standard InChI is InChI=1S/C16H28N2O7/c1-5-24-12(20)8-10(16(23)25-6-2)13(14(17)21)18-15(22)11(19)7-9(3)4/h9-11,13,19H,5-8H2,1-4H3,(H2,17,21)(H,18,22)/t10-,11+,13-/m0/s1. The summed E-state index contributed by atoms with van der Waals surface area (Å²) < 4.78 is 9.63. The van der Waals surface area contributed by atoms with Crippen molar-refractivity contribution >= 4 is 23.8 Å². The first-order valence-electron chi connectivity index (χ1n) is 8.23. The summed E-state index contributed by atoms with van der Waals surface area (Å²) in [7, 11) is 0. The SMILES string of the molecule is CCOC(=O)C[C@H](C(=O)OCC)[C@H](NC(=O)[C@H](O)CC(C)C)C(N)=O. The van der Waals surface area contributed by atoms with Crippen LogP contribution in [0.25, 0.3) is 0 Å². The van der Waals surface area contributed by atoms with E-state index in [1.54, 1.807) is 13.8 Å². The van der Waals surface area contributed by atoms with Crippen molar-refractivity contribution in [3.05, 3.63) is 0 Å². The van der Waals surface area contributed by atoms with Crippen LogP contribution in [-0.2, 0) is 28.7 Å². The minimum absolute atomic E-state index is 0.0214. The second kappa shape index (κ2) is 11.4. The summed E-state index contributed by atoms with van der Waals surface area (Å²) in [4.78, 5) is 47.6. The van der Waals surface area contributed by atoms with E-state index in [9.17, 15) is 24.3 Å². The zero-order valence-electron chi connectivity index (χ0n) is 15.1. The average molecular weight is 360 g/mol. The van der Waals surface area contributed by atoms with E-state index in [0.717, 1.165) is 0 Å². The molecule has 0 heterocycles. The first kappa shape index (κ1) is 22.8. The maximum absolute atomic E-state index is 12.1. The third-order valence-corrected chi connectivity index (χ3v) is 3.29. The Kier molecular flexibility index (Phi) is 10.4. The average Bonchev–Trinajstić information content (AvgIpc) is 2.49. The van der Waals surface area contributed by atoms with Crippen LogP contribution in [0.4, 0.5) is 0 Å². The summed E-state index contributed by atoms with van der Waals surface area (Å²) in [5, 5.41) is 12.1. The molecule has 0 saturated carbocycles. The van der Waals surface area contributed by atoms with Gasteiger partial charge < -0.3 is 25.6 Å². The minimum Gasteiger partial charge on any atom is -0.466 e. The monoisotopic (exact) mass is 360 g/mol. The number of nitrogens with two attached hydrogens (primary N) is 1. The zero-order chi connectivity index (χ0) is 19.6. The van der Waals surface area contributed by atoms with Gasteiger partial charge in [0.2, 0.25) is 11.8 Å². The number of hydrogen-bond donors (Lipinski definition) is 3. The molecule has 0 aromatic rings. The van der Waals surface area contributed by atoms with Crippen LogP contribution in [0.15, 0.2) is 0 Å². The molecule has 0 unspecified atom stereocenters. The highest BCUT2D eigenvalue weighted by Crippen LogP contribution is 2.14. The van der Waals surface area contributed by atoms with Crippen LogP contribution in [0.5, 0.6) is 0 Å². The smallest absolute Gasteiger partial charge is 0.312 e. The fourth-order valence-corrected chi connectivity index (χ4v) is 2.16. The number of rotatable bonds is 11. The predicted molar refractivity (Wildman–Crippen MR) is 88.0 cm³/mol. The molecule has 0 spiro atoms. The molecule has 0 aliphatic carbocycles. The highest BCUT2D eigenvalue weighted by Gasteiger charge is 2.38. The molecule has 2 amide bonds. The number of ether oxygens (including phenoxy) is 2. The first-order valence-corrected chi connectivity index (χ1v) is 8.23. The fourth-order valence-electron chi connectivity index (χ4n) is 2.16. The molecule has 0 saturated heterocycles. The van der Waals surface area contributed by atoms with E-state index in [0.29, 0.717) is 0 Å². The molecular formula is C16H28N2O7. The number of carbonyl (C=O) groups excluding carboxylic acids is 4. The van der Waals surface area contributed by atoms with Gasteiger partial charge in [0.25, 0.3) is 0 Å². The predicted octanol–water partition coefficient (Wildman–Crippen LogP) is -0.504. The summed E-state index contributed by atoms with van der Waals surface area (Å²) in [6.45, 7) is 6.88. The van der Waals surface area contributed by atoms with Gasteiger partial charge in [-0.2, -0.15) is 0 Å². The molecule has 0 bridgehead atoms. The highest BCUT2D eigenvalue weighted by atomic mass is 16.5. The zero-order valence-corrected chi connectivity index (χ0v) is 15.1. The van der Waals surface area contributed by atoms with Gasteiger partial charge in [0.1, 0.15) is 12.1 Å². The van der Waals surface area contributed by atoms with Gasteiger partial charge >= 0.3 is 11.9 Å². The van der Waals surface area contributed by atoms with Crippen molar-refractivity contribution in [2.75, 3.05) is 13.2 Å². The van der Waals surface area contributed by atoms with Crippen LogP contribution >= 0.6 is 0 Å². The Balaban J connectivity index is 5.32. The lowest BCUT2D eigenvalue weighted by Crippen LogP contribution is -2.54. The van der Waals surface area contributed by atoms with Crippen molar-refractivity contribution in [1.82, 2.24) is 5.32 Å². The van der Waals surface area contributed by atoms with Crippen LogP contribution in [0, 0.1) is 11.8 Å². The third-order valence-electron chi connectivity index (χ3n) is 3.29. The number of aliphatic hydroxyl groups excluding tert-OH is 1. The molecular weight excluding hydrogens is 332 g/mol. The largest absolute Gasteiger partial charge is 0.466 e. The number of esters is 2. The molecule has 3 atom stereocenters. The van der Waals surface area contributed by atoms with E-state index in [1.165, 1.54) is 0 Å². The molecule has 0 aliphatic heterocycles. The molecule has 4 N–H and O–H groups in total. The lowest BCUT2D eigenvalue weighted by Gasteiger charge is -2.25. The van der Waals surface area contributed by atoms with Gasteiger partial charge in [-0.15, -0.1) is 0 Å². The van der Waals surface area contributed by atoms with E-state index in [1.807, 2.05) is 13.8 Å². The molecule has 0 radical (unpaired) electrons. The molecule has 0 aromatic carbocycles. The fraction of sp³-hybridized carbons (Fsp3) is 0.750. The van der Waals surface area contributed by atoms with Crippen molar-refractivity contribution in [2.45, 2.75) is 52.7 Å². The summed E-state index contributed by atoms with van der Waals surface area (Å²) in [5.74, 6) is -4.77. The van der Waals surface area contributed by atoms with Crippen molar-refractivity contribution < 1.29 is 33.8 Å². The third kappa shape index (κ3) is 8.48. The van der Waals surface area contributed by atoms with E-state index >= 15 is 0 Å². The number of carbonyl (C=O) groups is 4. The van der Waals surface area contributed by atoms with E-state index in [-0.39, 0.29) is 25.6 Å². The molecule has 0 aliphatic rings. The lowest BCUT2D eigenvalue weighted by molar-refractivity contribution is -0.157. The van der Waals surface area contributed by atoms with Crippen molar-refractivity contribution in [1.29, 1.82) is 0 Å². The Morgan fingerprint density at radius 1 is 1.08 bits per heavy atom. The summed E-state index contributed by atoms with van der Waals surface area (Å²) in [6.07, 6.45) is -1.69. The van der Waals surface area contributed by atoms with Crippen molar-refractivity contribution in [3.63, 3.8) is 0 Å². The Morgan fingerprint density at radius 3 is 2.08 bits per heavy atom. The van der Waals surface area contributed by atoms with Gasteiger partial charge in [-0.05, 0) is 26.2 Å². The topological polar surface area (TPSA) is 145 Å². The minimum atomic E-state index is -1.50. The number of primary amides is 1.